The minimum atomic E-state index is -0.429. The lowest BCUT2D eigenvalue weighted by Crippen LogP contribution is -2.23. The number of thioether (sulfide) groups is 1. The zero-order chi connectivity index (χ0) is 25.8. The highest BCUT2D eigenvalue weighted by molar-refractivity contribution is 8.18. The molecule has 0 saturated carbocycles. The number of ether oxygens (including phenoxy) is 2. The molecule has 0 unspecified atom stereocenters. The fourth-order valence-corrected chi connectivity index (χ4v) is 4.32. The van der Waals surface area contributed by atoms with E-state index >= 15 is 0 Å². The molecule has 0 atom stereocenters. The molecule has 0 spiro atoms. The van der Waals surface area contributed by atoms with E-state index in [1.807, 2.05) is 6.07 Å². The summed E-state index contributed by atoms with van der Waals surface area (Å²) < 4.78 is 15.9. The molecule has 0 radical (unpaired) electrons. The van der Waals surface area contributed by atoms with Crippen molar-refractivity contribution in [3.8, 4) is 11.3 Å². The normalized spacial score (nSPS) is 15.7. The van der Waals surface area contributed by atoms with E-state index in [9.17, 15) is 14.4 Å². The van der Waals surface area contributed by atoms with Crippen molar-refractivity contribution >= 4 is 46.5 Å². The largest absolute Gasteiger partial charge is 0.465 e. The Balaban J connectivity index is 1.52. The third-order valence-electron chi connectivity index (χ3n) is 5.14. The number of hydrogen-bond donors (Lipinski definition) is 0. The summed E-state index contributed by atoms with van der Waals surface area (Å²) in [5.74, 6) is 0.0179. The fraction of sp³-hybridized carbons (Fsp3) is 0.185. The molecular weight excluding hydrogens is 480 g/mol. The first-order valence-electron chi connectivity index (χ1n) is 11.1. The SMILES string of the molecule is COC(=O)c1ccc(N=C2S/C(=C/c3ccc(-c4cccc(C(=O)OC(C)C)c4)o3)C(=O)N2C)cc1. The number of nitrogens with zero attached hydrogens (tertiary/aromatic N) is 2. The van der Waals surface area contributed by atoms with E-state index in [1.54, 1.807) is 81.6 Å². The molecule has 1 amide bonds. The van der Waals surface area contributed by atoms with Crippen LogP contribution in [-0.4, -0.2) is 48.2 Å². The van der Waals surface area contributed by atoms with Crippen LogP contribution in [0.25, 0.3) is 17.4 Å². The highest BCUT2D eigenvalue weighted by atomic mass is 32.2. The summed E-state index contributed by atoms with van der Waals surface area (Å²) in [6.07, 6.45) is 1.45. The lowest BCUT2D eigenvalue weighted by molar-refractivity contribution is -0.121. The maximum atomic E-state index is 12.8. The molecule has 0 N–H and O–H groups in total. The third-order valence-corrected chi connectivity index (χ3v) is 6.20. The maximum absolute atomic E-state index is 12.8. The van der Waals surface area contributed by atoms with Crippen LogP contribution in [0.5, 0.6) is 0 Å². The molecule has 4 rings (SSSR count). The van der Waals surface area contributed by atoms with Crippen molar-refractivity contribution in [2.24, 2.45) is 4.99 Å². The van der Waals surface area contributed by atoms with E-state index in [1.165, 1.54) is 23.8 Å². The molecule has 36 heavy (non-hydrogen) atoms. The third kappa shape index (κ3) is 5.58. The minimum absolute atomic E-state index is 0.207. The Morgan fingerprint density at radius 3 is 2.47 bits per heavy atom. The van der Waals surface area contributed by atoms with Crippen molar-refractivity contribution in [2.45, 2.75) is 20.0 Å². The zero-order valence-electron chi connectivity index (χ0n) is 20.2. The molecule has 1 saturated heterocycles. The van der Waals surface area contributed by atoms with E-state index in [-0.39, 0.29) is 12.0 Å². The zero-order valence-corrected chi connectivity index (χ0v) is 21.0. The second-order valence-corrected chi connectivity index (χ2v) is 9.15. The smallest absolute Gasteiger partial charge is 0.338 e. The highest BCUT2D eigenvalue weighted by Gasteiger charge is 2.30. The summed E-state index contributed by atoms with van der Waals surface area (Å²) in [4.78, 5) is 43.0. The van der Waals surface area contributed by atoms with Gasteiger partial charge in [0.05, 0.1) is 34.9 Å². The number of aliphatic imine (C=N–C) groups is 1. The van der Waals surface area contributed by atoms with Crippen LogP contribution in [0.1, 0.15) is 40.3 Å². The van der Waals surface area contributed by atoms with Crippen LogP contribution in [-0.2, 0) is 14.3 Å². The van der Waals surface area contributed by atoms with Crippen LogP contribution >= 0.6 is 11.8 Å². The number of likely N-dealkylation sites (N-methyl/N-ethyl adjacent to an activating group) is 1. The number of benzene rings is 2. The monoisotopic (exact) mass is 504 g/mol. The molecule has 1 aliphatic heterocycles. The van der Waals surface area contributed by atoms with Crippen molar-refractivity contribution in [3.05, 3.63) is 82.5 Å². The Bertz CT molecular complexity index is 1370. The van der Waals surface area contributed by atoms with E-state index in [0.717, 1.165) is 5.56 Å². The van der Waals surface area contributed by atoms with Gasteiger partial charge in [0, 0.05) is 18.7 Å². The molecule has 0 aliphatic carbocycles. The number of amides is 1. The van der Waals surface area contributed by atoms with E-state index in [4.69, 9.17) is 13.9 Å². The van der Waals surface area contributed by atoms with Crippen molar-refractivity contribution in [1.82, 2.24) is 4.90 Å². The number of esters is 2. The van der Waals surface area contributed by atoms with Gasteiger partial charge in [-0.1, -0.05) is 12.1 Å². The predicted octanol–water partition coefficient (Wildman–Crippen LogP) is 5.53. The first-order chi connectivity index (χ1) is 17.2. The molecule has 1 aromatic heterocycles. The highest BCUT2D eigenvalue weighted by Crippen LogP contribution is 2.34. The standard InChI is InChI=1S/C27H24N2O6S/c1-16(2)34-26(32)19-7-5-6-18(14-19)22-13-12-21(35-22)15-23-24(30)29(3)27(36-23)28-20-10-8-17(9-11-20)25(31)33-4/h5-16H,1-4H3/b23-15+,28-27?. The Morgan fingerprint density at radius 1 is 1.03 bits per heavy atom. The van der Waals surface area contributed by atoms with Crippen molar-refractivity contribution < 1.29 is 28.3 Å². The first kappa shape index (κ1) is 25.0. The van der Waals surface area contributed by atoms with Crippen LogP contribution in [0.15, 0.2) is 75.0 Å². The predicted molar refractivity (Wildman–Crippen MR) is 138 cm³/mol. The van der Waals surface area contributed by atoms with Crippen LogP contribution in [0.3, 0.4) is 0 Å². The van der Waals surface area contributed by atoms with Gasteiger partial charge in [0.2, 0.25) is 0 Å². The van der Waals surface area contributed by atoms with Gasteiger partial charge in [0.1, 0.15) is 11.5 Å². The summed E-state index contributed by atoms with van der Waals surface area (Å²) in [6, 6.07) is 17.1. The van der Waals surface area contributed by atoms with E-state index < -0.39 is 11.9 Å². The molecule has 1 aliphatic rings. The van der Waals surface area contributed by atoms with E-state index in [2.05, 4.69) is 4.99 Å². The average molecular weight is 505 g/mol. The lowest BCUT2D eigenvalue weighted by atomic mass is 10.1. The summed E-state index contributed by atoms with van der Waals surface area (Å²) in [5, 5.41) is 0.500. The van der Waals surface area contributed by atoms with Gasteiger partial charge in [-0.2, -0.15) is 0 Å². The summed E-state index contributed by atoms with van der Waals surface area (Å²) in [7, 11) is 2.97. The molecule has 3 aromatic rings. The summed E-state index contributed by atoms with van der Waals surface area (Å²) in [5.41, 5.74) is 2.17. The Morgan fingerprint density at radius 2 is 1.78 bits per heavy atom. The quantitative estimate of drug-likeness (QED) is 0.321. The molecule has 9 heteroatoms. The van der Waals surface area contributed by atoms with E-state index in [0.29, 0.717) is 38.4 Å². The molecule has 2 aromatic carbocycles. The lowest BCUT2D eigenvalue weighted by Gasteiger charge is -2.08. The fourth-order valence-electron chi connectivity index (χ4n) is 3.35. The second kappa shape index (κ2) is 10.7. The molecule has 0 bridgehead atoms. The van der Waals surface area contributed by atoms with Gasteiger partial charge in [0.25, 0.3) is 5.91 Å². The molecule has 8 nitrogen and oxygen atoms in total. The average Bonchev–Trinajstić information content (AvgIpc) is 3.44. The van der Waals surface area contributed by atoms with Crippen molar-refractivity contribution in [1.29, 1.82) is 0 Å². The van der Waals surface area contributed by atoms with Gasteiger partial charge in [-0.15, -0.1) is 0 Å². The van der Waals surface area contributed by atoms with Gasteiger partial charge in [-0.05, 0) is 74.1 Å². The number of hydrogen-bond acceptors (Lipinski definition) is 8. The Labute approximate surface area is 212 Å². The minimum Gasteiger partial charge on any atom is -0.465 e. The van der Waals surface area contributed by atoms with Gasteiger partial charge < -0.3 is 13.9 Å². The number of methoxy groups -OCH3 is 1. The number of carbonyl (C=O) groups excluding carboxylic acids is 3. The molecule has 2 heterocycles. The van der Waals surface area contributed by atoms with Crippen LogP contribution in [0.4, 0.5) is 5.69 Å². The van der Waals surface area contributed by atoms with Crippen molar-refractivity contribution in [2.75, 3.05) is 14.2 Å². The Hall–Kier alpha value is -4.11. The van der Waals surface area contributed by atoms with Crippen molar-refractivity contribution in [3.63, 3.8) is 0 Å². The van der Waals surface area contributed by atoms with Crippen LogP contribution < -0.4 is 0 Å². The molecular formula is C27H24N2O6S. The van der Waals surface area contributed by atoms with Crippen LogP contribution in [0, 0.1) is 0 Å². The first-order valence-corrected chi connectivity index (χ1v) is 11.9. The molecule has 1 fully saturated rings. The maximum Gasteiger partial charge on any atom is 0.338 e. The second-order valence-electron chi connectivity index (χ2n) is 8.14. The summed E-state index contributed by atoms with van der Waals surface area (Å²) in [6.45, 7) is 3.59. The van der Waals surface area contributed by atoms with Gasteiger partial charge >= 0.3 is 11.9 Å². The van der Waals surface area contributed by atoms with Crippen LogP contribution in [0.2, 0.25) is 0 Å². The number of furan rings is 1. The van der Waals surface area contributed by atoms with Gasteiger partial charge in [-0.25, -0.2) is 14.6 Å². The van der Waals surface area contributed by atoms with Gasteiger partial charge in [0.15, 0.2) is 5.17 Å². The summed E-state index contributed by atoms with van der Waals surface area (Å²) >= 11 is 1.22. The number of rotatable bonds is 6. The molecule has 184 valence electrons. The van der Waals surface area contributed by atoms with Gasteiger partial charge in [-0.3, -0.25) is 9.69 Å². The number of amidine groups is 1. The Kier molecular flexibility index (Phi) is 7.40. The topological polar surface area (TPSA) is 98.4 Å². The number of carbonyl (C=O) groups is 3.